The van der Waals surface area contributed by atoms with Gasteiger partial charge in [-0.15, -0.1) is 0 Å². The van der Waals surface area contributed by atoms with Crippen LogP contribution in [0.3, 0.4) is 0 Å². The molecule has 45 heteroatoms. The standard InChI is InChI=1S/C96H156N10O35/c1-59(2)73(119)34-21-22-37-82(125)102-58-96(56-100-80(123)35-18-15-26-45-97-77(120)38-23-29-50-127-93-84(103-60(3)107)90(136-69(12)116)87(133-66(9)113)74(139-93)53-130-63(6)110,57-101-81(124)36-19-16-27-46-98-78(121)39-24-30-51-128-94-85(104-61(4)108)91(137-70(13)117)88(134-67(10)114)75(140-94)54-131-64(7)111)44-32-33-72-42-48-106(49-43-72)83(126)41-20-17-28-47-99-79(122)40-25-31-52-129-95-86(105-62(5)109)92(138-71(14)118)89(135-68(11)115)76(141-95)55-132-65(8)112/h59,72,74-76,84-95H,15-58H2,1-14H3,(H,97,120)(H,98,121)(H,99,122)(H,100,123)(H,101,124)(H,102,125)(H,103,107)(H,104,108)(H,105,109). The Bertz CT molecular complexity index is 3870. The van der Waals surface area contributed by atoms with Crippen LogP contribution in [0.15, 0.2) is 0 Å². The minimum atomic E-state index is -1.30. The van der Waals surface area contributed by atoms with Gasteiger partial charge in [-0.25, -0.2) is 0 Å². The van der Waals surface area contributed by atoms with Crippen molar-refractivity contribution in [2.24, 2.45) is 17.3 Å². The SMILES string of the molecule is CC(=O)NC1C(OCCCCC(=O)NCCCCCC(=O)NCC(CCCC2CCN(C(=O)CCCCCNC(=O)CCCCOC3OC(COC(C)=O)C(OC(C)=O)C(OC(C)=O)C3NC(C)=O)CC2)(CNC(=O)CCCCCNC(=O)CCCCOC2OC(COC(C)=O)C(OC(C)=O)C(OC(C)=O)C2NC(C)=O)CNC(=O)CCCCC(=O)C(C)C)OC(COC(C)=O)C(OC(C)=O)C1OC(C)=O. The molecule has 4 heterocycles. The number of piperidine rings is 1. The Labute approximate surface area is 825 Å². The van der Waals surface area contributed by atoms with Crippen LogP contribution in [0, 0.1) is 17.3 Å². The molecule has 15 unspecified atom stereocenters. The third-order valence-electron chi connectivity index (χ3n) is 23.6. The number of rotatable bonds is 67. The van der Waals surface area contributed by atoms with Crippen LogP contribution in [0.2, 0.25) is 0 Å². The monoisotopic (exact) mass is 2010 g/mol. The summed E-state index contributed by atoms with van der Waals surface area (Å²) in [7, 11) is 0. The zero-order valence-electron chi connectivity index (χ0n) is 84.7. The highest BCUT2D eigenvalue weighted by Gasteiger charge is 2.55. The molecule has 0 bridgehead atoms. The van der Waals surface area contributed by atoms with E-state index in [0.29, 0.717) is 168 Å². The van der Waals surface area contributed by atoms with E-state index in [9.17, 15) is 95.9 Å². The van der Waals surface area contributed by atoms with E-state index in [1.165, 1.54) is 41.5 Å². The van der Waals surface area contributed by atoms with Crippen molar-refractivity contribution in [1.29, 1.82) is 0 Å². The molecule has 4 aliphatic heterocycles. The van der Waals surface area contributed by atoms with Crippen LogP contribution in [0.4, 0.5) is 0 Å². The molecule has 4 fully saturated rings. The number of nitrogens with zero attached hydrogens (tertiary/aromatic N) is 1. The summed E-state index contributed by atoms with van der Waals surface area (Å²) in [5.41, 5.74) is -0.899. The van der Waals surface area contributed by atoms with Crippen molar-refractivity contribution < 1.29 is 167 Å². The van der Waals surface area contributed by atoms with E-state index in [0.717, 1.165) is 60.8 Å². The lowest BCUT2D eigenvalue weighted by atomic mass is 9.79. The van der Waals surface area contributed by atoms with Crippen LogP contribution in [0.5, 0.6) is 0 Å². The van der Waals surface area contributed by atoms with Crippen molar-refractivity contribution in [2.45, 2.75) is 381 Å². The summed E-state index contributed by atoms with van der Waals surface area (Å²) in [5.74, 6) is -9.34. The van der Waals surface area contributed by atoms with Crippen molar-refractivity contribution in [1.82, 2.24) is 52.8 Å². The molecule has 4 saturated heterocycles. The van der Waals surface area contributed by atoms with E-state index in [1.54, 1.807) is 0 Å². The van der Waals surface area contributed by atoms with Gasteiger partial charge in [0.25, 0.3) is 0 Å². The molecule has 0 spiro atoms. The quantitative estimate of drug-likeness (QED) is 0.0235. The number of Topliss-reactive ketones (excluding diaryl/α,β-unsaturated/α-hetero) is 1. The van der Waals surface area contributed by atoms with Crippen molar-refractivity contribution in [3.63, 3.8) is 0 Å². The number of amides is 10. The maximum absolute atomic E-state index is 13.9. The molecule has 800 valence electrons. The Morgan fingerprint density at radius 2 is 0.582 bits per heavy atom. The Balaban J connectivity index is 1.36. The first-order valence-electron chi connectivity index (χ1n) is 49.4. The van der Waals surface area contributed by atoms with Gasteiger partial charge in [-0.2, -0.15) is 0 Å². The van der Waals surface area contributed by atoms with Gasteiger partial charge in [-0.05, 0) is 115 Å². The zero-order valence-corrected chi connectivity index (χ0v) is 84.7. The predicted octanol–water partition coefficient (Wildman–Crippen LogP) is 4.07. The van der Waals surface area contributed by atoms with Gasteiger partial charge in [0.1, 0.15) is 62.0 Å². The van der Waals surface area contributed by atoms with Crippen LogP contribution < -0.4 is 47.9 Å². The van der Waals surface area contributed by atoms with E-state index in [-0.39, 0.29) is 144 Å². The topological polar surface area (TPSA) is 591 Å². The smallest absolute Gasteiger partial charge is 0.303 e. The van der Waals surface area contributed by atoms with Crippen molar-refractivity contribution in [2.75, 3.05) is 92.0 Å². The Kier molecular flexibility index (Phi) is 58.9. The molecule has 45 nitrogen and oxygen atoms in total. The summed E-state index contributed by atoms with van der Waals surface area (Å²) in [6.45, 7) is 18.9. The van der Waals surface area contributed by atoms with Gasteiger partial charge in [0.15, 0.2) is 55.5 Å². The second-order valence-corrected chi connectivity index (χ2v) is 36.5. The number of ether oxygens (including phenoxy) is 15. The Morgan fingerprint density at radius 1 is 0.312 bits per heavy atom. The Hall–Kier alpha value is -10.6. The van der Waals surface area contributed by atoms with E-state index in [4.69, 9.17) is 71.1 Å². The highest BCUT2D eigenvalue weighted by molar-refractivity contribution is 5.82. The van der Waals surface area contributed by atoms with Gasteiger partial charge in [0.2, 0.25) is 59.1 Å². The molecular formula is C96H156N10O35. The molecule has 0 aromatic carbocycles. The number of unbranched alkanes of at least 4 members (excludes halogenated alkanes) is 10. The van der Waals surface area contributed by atoms with Crippen LogP contribution in [0.1, 0.15) is 290 Å². The average molecular weight is 2010 g/mol. The van der Waals surface area contributed by atoms with E-state index >= 15 is 0 Å². The first-order valence-corrected chi connectivity index (χ1v) is 49.4. The molecule has 4 aliphatic rings. The number of nitrogens with one attached hydrogen (secondary N) is 9. The molecule has 9 N–H and O–H groups in total. The van der Waals surface area contributed by atoms with Gasteiger partial charge in [-0.1, -0.05) is 46.0 Å². The lowest BCUT2D eigenvalue weighted by Gasteiger charge is -2.44. The molecule has 141 heavy (non-hydrogen) atoms. The Morgan fingerprint density at radius 3 is 0.865 bits per heavy atom. The largest absolute Gasteiger partial charge is 0.463 e. The summed E-state index contributed by atoms with van der Waals surface area (Å²) in [4.78, 5) is 254. The first-order chi connectivity index (χ1) is 66.9. The second-order valence-electron chi connectivity index (χ2n) is 36.5. The summed E-state index contributed by atoms with van der Waals surface area (Å²) < 4.78 is 84.6. The molecule has 0 aliphatic carbocycles. The summed E-state index contributed by atoms with van der Waals surface area (Å²) in [6, 6.07) is -3.44. The summed E-state index contributed by atoms with van der Waals surface area (Å²) >= 11 is 0. The van der Waals surface area contributed by atoms with Crippen LogP contribution in [-0.4, -0.2) is 307 Å². The lowest BCUT2D eigenvalue weighted by molar-refractivity contribution is -0.277. The van der Waals surface area contributed by atoms with Gasteiger partial charge in [-0.3, -0.25) is 95.9 Å². The molecule has 0 aromatic heterocycles. The van der Waals surface area contributed by atoms with Gasteiger partial charge in [0, 0.05) is 218 Å². The number of carbonyl (C=O) groups is 20. The molecule has 15 atom stereocenters. The van der Waals surface area contributed by atoms with Gasteiger partial charge >= 0.3 is 53.7 Å². The number of carbonyl (C=O) groups excluding carboxylic acids is 20. The van der Waals surface area contributed by atoms with E-state index in [1.807, 2.05) is 18.7 Å². The van der Waals surface area contributed by atoms with E-state index < -0.39 is 182 Å². The number of hydrogen-bond acceptors (Lipinski definition) is 35. The predicted molar refractivity (Wildman–Crippen MR) is 499 cm³/mol. The minimum Gasteiger partial charge on any atom is -0.463 e. The molecule has 10 amide bonds. The van der Waals surface area contributed by atoms with Crippen molar-refractivity contribution in [3.05, 3.63) is 0 Å². The average Bonchev–Trinajstić information content (AvgIpc) is 0.793. The maximum atomic E-state index is 13.9. The number of esters is 9. The number of hydrogen-bond donors (Lipinski definition) is 9. The highest BCUT2D eigenvalue weighted by atomic mass is 16.7. The fourth-order valence-corrected chi connectivity index (χ4v) is 16.6. The van der Waals surface area contributed by atoms with Crippen molar-refractivity contribution >= 4 is 119 Å². The molecule has 4 rings (SSSR count). The molecule has 0 radical (unpaired) electrons. The van der Waals surface area contributed by atoms with E-state index in [2.05, 4.69) is 47.9 Å². The maximum Gasteiger partial charge on any atom is 0.303 e. The summed E-state index contributed by atoms with van der Waals surface area (Å²) in [6.07, 6.45) is -1.90. The molecule has 0 aromatic rings. The van der Waals surface area contributed by atoms with Crippen LogP contribution in [-0.2, 0) is 167 Å². The van der Waals surface area contributed by atoms with Crippen molar-refractivity contribution in [3.8, 4) is 0 Å². The van der Waals surface area contributed by atoms with Crippen LogP contribution in [0.25, 0.3) is 0 Å². The minimum absolute atomic E-state index is 0.0145. The second kappa shape index (κ2) is 67.8. The third-order valence-corrected chi connectivity index (χ3v) is 23.6. The molecule has 0 saturated carbocycles. The fourth-order valence-electron chi connectivity index (χ4n) is 16.6. The first kappa shape index (κ1) is 123. The zero-order chi connectivity index (χ0) is 105. The third kappa shape index (κ3) is 51.8. The lowest BCUT2D eigenvalue weighted by Crippen LogP contribution is -2.66. The van der Waals surface area contributed by atoms with Gasteiger partial charge in [0.05, 0.1) is 0 Å². The highest BCUT2D eigenvalue weighted by Crippen LogP contribution is 2.34. The molecular weight excluding hydrogens is 1850 g/mol. The fraction of sp³-hybridized carbons (Fsp3) is 0.792. The van der Waals surface area contributed by atoms with Gasteiger partial charge < -0.3 is 124 Å². The normalized spacial score (nSPS) is 22.0. The van der Waals surface area contributed by atoms with Crippen LogP contribution >= 0.6 is 0 Å². The number of likely N-dealkylation sites (tertiary alicyclic amines) is 1. The number of ketones is 1. The summed E-state index contributed by atoms with van der Waals surface area (Å²) in [5, 5.41) is 26.0.